The molecule has 2 heteroatoms. The fraction of sp³-hybridized carbons (Fsp3) is 0.333. The van der Waals surface area contributed by atoms with Crippen molar-refractivity contribution in [3.8, 4) is 0 Å². The average Bonchev–Trinajstić information content (AvgIpc) is 2.32. The van der Waals surface area contributed by atoms with Crippen LogP contribution in [0.5, 0.6) is 0 Å². The van der Waals surface area contributed by atoms with Gasteiger partial charge in [-0.25, -0.2) is 0 Å². The molecule has 1 aromatic carbocycles. The summed E-state index contributed by atoms with van der Waals surface area (Å²) in [6.07, 6.45) is 0.238. The smallest absolute Gasteiger partial charge is 0.0804 e. The van der Waals surface area contributed by atoms with Crippen molar-refractivity contribution in [3.63, 3.8) is 0 Å². The first-order chi connectivity index (χ1) is 5.27. The maximum absolute atomic E-state index is 5.82. The van der Waals surface area contributed by atoms with Crippen LogP contribution in [0.1, 0.15) is 24.2 Å². The van der Waals surface area contributed by atoms with Gasteiger partial charge in [0, 0.05) is 5.02 Å². The molecule has 0 saturated carbocycles. The largest absolute Gasteiger partial charge is 0.369 e. The average molecular weight is 169 g/mol. The van der Waals surface area contributed by atoms with Gasteiger partial charge in [0.1, 0.15) is 0 Å². The zero-order chi connectivity index (χ0) is 7.84. The van der Waals surface area contributed by atoms with Gasteiger partial charge < -0.3 is 4.74 Å². The minimum Gasteiger partial charge on any atom is -0.369 e. The van der Waals surface area contributed by atoms with Crippen LogP contribution < -0.4 is 0 Å². The van der Waals surface area contributed by atoms with E-state index >= 15 is 0 Å². The van der Waals surface area contributed by atoms with E-state index in [-0.39, 0.29) is 6.10 Å². The molecular formula is C9H9ClO. The Morgan fingerprint density at radius 2 is 2.36 bits per heavy atom. The number of hydrogen-bond donors (Lipinski definition) is 0. The lowest BCUT2D eigenvalue weighted by molar-refractivity contribution is 0.0796. The van der Waals surface area contributed by atoms with Crippen molar-refractivity contribution in [3.05, 3.63) is 34.3 Å². The molecule has 1 unspecified atom stereocenters. The topological polar surface area (TPSA) is 9.23 Å². The van der Waals surface area contributed by atoms with Crippen molar-refractivity contribution in [2.75, 3.05) is 0 Å². The molecule has 0 bridgehead atoms. The lowest BCUT2D eigenvalue weighted by atomic mass is 10.1. The van der Waals surface area contributed by atoms with E-state index in [0.717, 1.165) is 5.02 Å². The lowest BCUT2D eigenvalue weighted by Gasteiger charge is -2.01. The van der Waals surface area contributed by atoms with Crippen molar-refractivity contribution in [2.45, 2.75) is 19.6 Å². The van der Waals surface area contributed by atoms with Crippen molar-refractivity contribution >= 4 is 11.6 Å². The van der Waals surface area contributed by atoms with Crippen LogP contribution in [0.4, 0.5) is 0 Å². The molecule has 0 spiro atoms. The van der Waals surface area contributed by atoms with Crippen molar-refractivity contribution < 1.29 is 4.74 Å². The van der Waals surface area contributed by atoms with E-state index in [9.17, 15) is 0 Å². The maximum Gasteiger partial charge on any atom is 0.0804 e. The Kier molecular flexibility index (Phi) is 1.63. The van der Waals surface area contributed by atoms with Gasteiger partial charge in [-0.1, -0.05) is 17.7 Å². The quantitative estimate of drug-likeness (QED) is 0.579. The van der Waals surface area contributed by atoms with Crippen LogP contribution in [0, 0.1) is 0 Å². The molecule has 0 N–H and O–H groups in total. The predicted octanol–water partition coefficient (Wildman–Crippen LogP) is 2.93. The Morgan fingerprint density at radius 1 is 1.55 bits per heavy atom. The second kappa shape index (κ2) is 2.50. The van der Waals surface area contributed by atoms with Gasteiger partial charge in [-0.15, -0.1) is 0 Å². The lowest BCUT2D eigenvalue weighted by Crippen LogP contribution is -1.86. The minimum absolute atomic E-state index is 0.238. The van der Waals surface area contributed by atoms with Gasteiger partial charge >= 0.3 is 0 Å². The van der Waals surface area contributed by atoms with E-state index in [4.69, 9.17) is 16.3 Å². The second-order valence-corrected chi connectivity index (χ2v) is 3.23. The van der Waals surface area contributed by atoms with Crippen LogP contribution in [-0.4, -0.2) is 0 Å². The van der Waals surface area contributed by atoms with Crippen LogP contribution >= 0.6 is 11.6 Å². The minimum atomic E-state index is 0.238. The highest BCUT2D eigenvalue weighted by atomic mass is 35.5. The molecule has 1 nitrogen and oxygen atoms in total. The van der Waals surface area contributed by atoms with Crippen LogP contribution in [0.3, 0.4) is 0 Å². The number of halogens is 1. The van der Waals surface area contributed by atoms with Crippen molar-refractivity contribution in [2.24, 2.45) is 0 Å². The number of hydrogen-bond acceptors (Lipinski definition) is 1. The summed E-state index contributed by atoms with van der Waals surface area (Å²) in [7, 11) is 0. The van der Waals surface area contributed by atoms with Crippen molar-refractivity contribution in [1.29, 1.82) is 0 Å². The van der Waals surface area contributed by atoms with Crippen LogP contribution in [-0.2, 0) is 11.3 Å². The Morgan fingerprint density at radius 3 is 3.18 bits per heavy atom. The second-order valence-electron chi connectivity index (χ2n) is 2.80. The molecule has 1 atom stereocenters. The zero-order valence-corrected chi connectivity index (χ0v) is 7.06. The molecule has 1 heterocycles. The van der Waals surface area contributed by atoms with Gasteiger partial charge in [0.05, 0.1) is 12.7 Å². The zero-order valence-electron chi connectivity index (χ0n) is 6.30. The standard InChI is InChI=1S/C9H9ClO/c1-6-9-3-2-8(10)4-7(9)5-11-6/h2-4,6H,5H2,1H3. The molecule has 0 aliphatic carbocycles. The highest BCUT2D eigenvalue weighted by Gasteiger charge is 2.18. The Hall–Kier alpha value is -0.530. The number of benzene rings is 1. The first kappa shape index (κ1) is 7.14. The van der Waals surface area contributed by atoms with E-state index < -0.39 is 0 Å². The molecule has 0 fully saturated rings. The third kappa shape index (κ3) is 1.15. The van der Waals surface area contributed by atoms with E-state index in [1.165, 1.54) is 11.1 Å². The number of fused-ring (bicyclic) bond motifs is 1. The Balaban J connectivity index is 2.50. The molecule has 0 saturated heterocycles. The summed E-state index contributed by atoms with van der Waals surface area (Å²) in [5, 5.41) is 0.793. The fourth-order valence-electron chi connectivity index (χ4n) is 1.40. The summed E-state index contributed by atoms with van der Waals surface area (Å²) in [5.41, 5.74) is 2.50. The SMILES string of the molecule is CC1OCc2cc(Cl)ccc21. The fourth-order valence-corrected chi connectivity index (χ4v) is 1.60. The molecule has 2 rings (SSSR count). The molecule has 1 aliphatic rings. The molecule has 58 valence electrons. The monoisotopic (exact) mass is 168 g/mol. The summed E-state index contributed by atoms with van der Waals surface area (Å²) < 4.78 is 5.42. The molecule has 0 amide bonds. The third-order valence-electron chi connectivity index (χ3n) is 2.03. The van der Waals surface area contributed by atoms with Crippen LogP contribution in [0.2, 0.25) is 5.02 Å². The molecule has 11 heavy (non-hydrogen) atoms. The summed E-state index contributed by atoms with van der Waals surface area (Å²) in [4.78, 5) is 0. The van der Waals surface area contributed by atoms with Gasteiger partial charge in [0.2, 0.25) is 0 Å². The van der Waals surface area contributed by atoms with E-state index in [1.54, 1.807) is 0 Å². The molecule has 1 aliphatic heterocycles. The van der Waals surface area contributed by atoms with Gasteiger partial charge in [-0.3, -0.25) is 0 Å². The molecular weight excluding hydrogens is 160 g/mol. The van der Waals surface area contributed by atoms with Gasteiger partial charge in [0.25, 0.3) is 0 Å². The predicted molar refractivity (Wildman–Crippen MR) is 44.7 cm³/mol. The third-order valence-corrected chi connectivity index (χ3v) is 2.27. The van der Waals surface area contributed by atoms with Gasteiger partial charge in [0.15, 0.2) is 0 Å². The van der Waals surface area contributed by atoms with Gasteiger partial charge in [-0.2, -0.15) is 0 Å². The highest BCUT2D eigenvalue weighted by Crippen LogP contribution is 2.31. The maximum atomic E-state index is 5.82. The van der Waals surface area contributed by atoms with E-state index in [1.807, 2.05) is 18.2 Å². The molecule has 0 radical (unpaired) electrons. The van der Waals surface area contributed by atoms with Crippen LogP contribution in [0.15, 0.2) is 18.2 Å². The first-order valence-corrected chi connectivity index (χ1v) is 4.05. The molecule has 0 aromatic heterocycles. The summed E-state index contributed by atoms with van der Waals surface area (Å²) >= 11 is 5.82. The normalized spacial score (nSPS) is 21.8. The first-order valence-electron chi connectivity index (χ1n) is 3.67. The van der Waals surface area contributed by atoms with E-state index in [0.29, 0.717) is 6.61 Å². The summed E-state index contributed by atoms with van der Waals surface area (Å²) in [6.45, 7) is 2.76. The van der Waals surface area contributed by atoms with Gasteiger partial charge in [-0.05, 0) is 30.2 Å². The highest BCUT2D eigenvalue weighted by molar-refractivity contribution is 6.30. The molecule has 1 aromatic rings. The Bertz CT molecular complexity index is 283. The van der Waals surface area contributed by atoms with Crippen molar-refractivity contribution in [1.82, 2.24) is 0 Å². The summed E-state index contributed by atoms with van der Waals surface area (Å²) in [5.74, 6) is 0. The number of rotatable bonds is 0. The number of ether oxygens (including phenoxy) is 1. The Labute approximate surface area is 70.9 Å². The van der Waals surface area contributed by atoms with E-state index in [2.05, 4.69) is 6.92 Å². The summed E-state index contributed by atoms with van der Waals surface area (Å²) in [6, 6.07) is 5.92. The van der Waals surface area contributed by atoms with Crippen LogP contribution in [0.25, 0.3) is 0 Å².